The second-order valence-electron chi connectivity index (χ2n) is 5.46. The van der Waals surface area contributed by atoms with Crippen molar-refractivity contribution >= 4 is 11.7 Å². The lowest BCUT2D eigenvalue weighted by atomic mass is 10.1. The molecule has 0 saturated carbocycles. The molecule has 2 N–H and O–H groups in total. The van der Waals surface area contributed by atoms with Crippen LogP contribution in [0.25, 0.3) is 5.65 Å². The van der Waals surface area contributed by atoms with Crippen LogP contribution in [-0.2, 0) is 6.54 Å². The highest BCUT2D eigenvalue weighted by Crippen LogP contribution is 2.11. The standard InChI is InChI=1S/C17H19N5O/c1-12-7-3-4-8-14(12)11-18-17(23)19-13(2)16-21-20-15-9-5-6-10-22(15)16/h3-10,13H,11H2,1-2H3,(H2,18,19,23). The number of pyridine rings is 1. The van der Waals surface area contributed by atoms with Gasteiger partial charge in [0.05, 0.1) is 6.04 Å². The average Bonchev–Trinajstić information content (AvgIpc) is 2.98. The molecule has 0 aliphatic carbocycles. The summed E-state index contributed by atoms with van der Waals surface area (Å²) in [5, 5.41) is 14.0. The molecule has 0 saturated heterocycles. The van der Waals surface area contributed by atoms with E-state index in [1.807, 2.05) is 66.9 Å². The first-order valence-corrected chi connectivity index (χ1v) is 7.53. The predicted molar refractivity (Wildman–Crippen MR) is 88.0 cm³/mol. The number of aromatic nitrogens is 3. The van der Waals surface area contributed by atoms with Crippen LogP contribution in [0.5, 0.6) is 0 Å². The van der Waals surface area contributed by atoms with Crippen LogP contribution >= 0.6 is 0 Å². The summed E-state index contributed by atoms with van der Waals surface area (Å²) in [5.41, 5.74) is 3.02. The Labute approximate surface area is 134 Å². The molecule has 2 amide bonds. The van der Waals surface area contributed by atoms with Gasteiger partial charge in [0.25, 0.3) is 0 Å². The number of fused-ring (bicyclic) bond motifs is 1. The fraction of sp³-hybridized carbons (Fsp3) is 0.235. The molecule has 2 aromatic heterocycles. The Kier molecular flexibility index (Phi) is 4.23. The summed E-state index contributed by atoms with van der Waals surface area (Å²) in [6.07, 6.45) is 1.88. The molecule has 0 fully saturated rings. The van der Waals surface area contributed by atoms with Gasteiger partial charge in [-0.1, -0.05) is 30.3 Å². The Morgan fingerprint density at radius 3 is 2.78 bits per heavy atom. The van der Waals surface area contributed by atoms with Gasteiger partial charge in [-0.25, -0.2) is 4.79 Å². The van der Waals surface area contributed by atoms with Crippen molar-refractivity contribution in [3.63, 3.8) is 0 Å². The zero-order valence-electron chi connectivity index (χ0n) is 13.2. The Hall–Kier alpha value is -2.89. The van der Waals surface area contributed by atoms with Gasteiger partial charge in [0.2, 0.25) is 0 Å². The van der Waals surface area contributed by atoms with E-state index in [2.05, 4.69) is 20.8 Å². The van der Waals surface area contributed by atoms with E-state index in [-0.39, 0.29) is 12.1 Å². The first-order chi connectivity index (χ1) is 11.1. The van der Waals surface area contributed by atoms with Crippen LogP contribution in [-0.4, -0.2) is 20.6 Å². The number of hydrogen-bond acceptors (Lipinski definition) is 3. The monoisotopic (exact) mass is 309 g/mol. The molecular weight excluding hydrogens is 290 g/mol. The van der Waals surface area contributed by atoms with Crippen molar-refractivity contribution in [2.24, 2.45) is 0 Å². The number of aryl methyl sites for hydroxylation is 1. The quantitative estimate of drug-likeness (QED) is 0.778. The predicted octanol–water partition coefficient (Wildman–Crippen LogP) is 2.60. The molecular formula is C17H19N5O. The number of urea groups is 1. The summed E-state index contributed by atoms with van der Waals surface area (Å²) >= 11 is 0. The second-order valence-corrected chi connectivity index (χ2v) is 5.46. The van der Waals surface area contributed by atoms with E-state index < -0.39 is 0 Å². The first kappa shape index (κ1) is 15.0. The molecule has 0 aliphatic rings. The van der Waals surface area contributed by atoms with Gasteiger partial charge in [0.1, 0.15) is 0 Å². The molecule has 6 heteroatoms. The Balaban J connectivity index is 1.62. The maximum atomic E-state index is 12.1. The number of nitrogens with one attached hydrogen (secondary N) is 2. The van der Waals surface area contributed by atoms with E-state index in [0.717, 1.165) is 16.8 Å². The molecule has 0 bridgehead atoms. The number of benzene rings is 1. The minimum absolute atomic E-state index is 0.228. The van der Waals surface area contributed by atoms with Gasteiger partial charge in [-0.05, 0) is 37.1 Å². The Morgan fingerprint density at radius 1 is 1.17 bits per heavy atom. The number of amides is 2. The fourth-order valence-electron chi connectivity index (χ4n) is 2.45. The summed E-state index contributed by atoms with van der Waals surface area (Å²) in [6, 6.07) is 13.2. The highest BCUT2D eigenvalue weighted by Gasteiger charge is 2.15. The summed E-state index contributed by atoms with van der Waals surface area (Å²) in [6.45, 7) is 4.41. The Bertz CT molecular complexity index is 826. The van der Waals surface area contributed by atoms with Crippen LogP contribution < -0.4 is 10.6 Å². The van der Waals surface area contributed by atoms with Crippen molar-refractivity contribution in [1.29, 1.82) is 0 Å². The highest BCUT2D eigenvalue weighted by molar-refractivity contribution is 5.74. The third-order valence-corrected chi connectivity index (χ3v) is 3.78. The van der Waals surface area contributed by atoms with Crippen LogP contribution in [0.2, 0.25) is 0 Å². The third kappa shape index (κ3) is 3.31. The molecule has 3 aromatic rings. The third-order valence-electron chi connectivity index (χ3n) is 3.78. The molecule has 1 atom stereocenters. The SMILES string of the molecule is Cc1ccccc1CNC(=O)NC(C)c1nnc2ccccn12. The summed E-state index contributed by atoms with van der Waals surface area (Å²) in [5.74, 6) is 0.701. The first-order valence-electron chi connectivity index (χ1n) is 7.53. The smallest absolute Gasteiger partial charge is 0.315 e. The van der Waals surface area contributed by atoms with Gasteiger partial charge >= 0.3 is 6.03 Å². The van der Waals surface area contributed by atoms with E-state index in [1.165, 1.54) is 0 Å². The van der Waals surface area contributed by atoms with Gasteiger partial charge in [-0.2, -0.15) is 0 Å². The summed E-state index contributed by atoms with van der Waals surface area (Å²) < 4.78 is 1.87. The molecule has 23 heavy (non-hydrogen) atoms. The zero-order chi connectivity index (χ0) is 16.2. The van der Waals surface area contributed by atoms with E-state index in [9.17, 15) is 4.79 Å². The van der Waals surface area contributed by atoms with Crippen LogP contribution in [0.4, 0.5) is 4.79 Å². The van der Waals surface area contributed by atoms with E-state index >= 15 is 0 Å². The van der Waals surface area contributed by atoms with Gasteiger partial charge in [-0.15, -0.1) is 10.2 Å². The van der Waals surface area contributed by atoms with Crippen molar-refractivity contribution in [2.45, 2.75) is 26.4 Å². The second kappa shape index (κ2) is 6.48. The normalized spacial score (nSPS) is 12.1. The number of rotatable bonds is 4. The van der Waals surface area contributed by atoms with Gasteiger partial charge < -0.3 is 10.6 Å². The number of nitrogens with zero attached hydrogens (tertiary/aromatic N) is 3. The van der Waals surface area contributed by atoms with Crippen LogP contribution in [0.1, 0.15) is 29.9 Å². The van der Waals surface area contributed by atoms with Crippen molar-refractivity contribution in [1.82, 2.24) is 25.2 Å². The topological polar surface area (TPSA) is 71.3 Å². The van der Waals surface area contributed by atoms with Gasteiger partial charge in [0.15, 0.2) is 11.5 Å². The minimum Gasteiger partial charge on any atom is -0.334 e. The van der Waals surface area contributed by atoms with Crippen LogP contribution in [0.3, 0.4) is 0 Å². The molecule has 2 heterocycles. The van der Waals surface area contributed by atoms with Crippen LogP contribution in [0.15, 0.2) is 48.7 Å². The fourth-order valence-corrected chi connectivity index (χ4v) is 2.45. The van der Waals surface area contributed by atoms with Crippen molar-refractivity contribution in [3.8, 4) is 0 Å². The van der Waals surface area contributed by atoms with Crippen molar-refractivity contribution < 1.29 is 4.79 Å². The molecule has 1 unspecified atom stereocenters. The average molecular weight is 309 g/mol. The largest absolute Gasteiger partial charge is 0.334 e. The Morgan fingerprint density at radius 2 is 1.96 bits per heavy atom. The molecule has 6 nitrogen and oxygen atoms in total. The zero-order valence-corrected chi connectivity index (χ0v) is 13.2. The van der Waals surface area contributed by atoms with E-state index in [1.54, 1.807) is 0 Å². The number of hydrogen-bond donors (Lipinski definition) is 2. The van der Waals surface area contributed by atoms with Gasteiger partial charge in [0, 0.05) is 12.7 Å². The van der Waals surface area contributed by atoms with Crippen molar-refractivity contribution in [3.05, 3.63) is 65.6 Å². The van der Waals surface area contributed by atoms with Gasteiger partial charge in [-0.3, -0.25) is 4.40 Å². The molecule has 1 aromatic carbocycles. The molecule has 3 rings (SSSR count). The maximum absolute atomic E-state index is 12.1. The van der Waals surface area contributed by atoms with E-state index in [4.69, 9.17) is 0 Å². The summed E-state index contributed by atoms with van der Waals surface area (Å²) in [7, 11) is 0. The summed E-state index contributed by atoms with van der Waals surface area (Å²) in [4.78, 5) is 12.1. The number of carbonyl (C=O) groups excluding carboxylic acids is 1. The lowest BCUT2D eigenvalue weighted by Crippen LogP contribution is -2.37. The molecule has 0 aliphatic heterocycles. The lowest BCUT2D eigenvalue weighted by molar-refractivity contribution is 0.237. The molecule has 0 spiro atoms. The van der Waals surface area contributed by atoms with E-state index in [0.29, 0.717) is 12.4 Å². The lowest BCUT2D eigenvalue weighted by Gasteiger charge is -2.14. The minimum atomic E-state index is -0.246. The van der Waals surface area contributed by atoms with Crippen LogP contribution in [0, 0.1) is 6.92 Å². The van der Waals surface area contributed by atoms with Crippen molar-refractivity contribution in [2.75, 3.05) is 0 Å². The molecule has 0 radical (unpaired) electrons. The molecule has 118 valence electrons. The maximum Gasteiger partial charge on any atom is 0.315 e. The highest BCUT2D eigenvalue weighted by atomic mass is 16.2. The number of carbonyl (C=O) groups is 1.